The molecular weight excluding hydrogens is 398 g/mol. The molecule has 0 unspecified atom stereocenters. The molecule has 5 nitrogen and oxygen atoms in total. The van der Waals surface area contributed by atoms with Crippen molar-refractivity contribution in [2.24, 2.45) is 0 Å². The molecule has 1 fully saturated rings. The molecule has 1 N–H and O–H groups in total. The second-order valence-corrected chi connectivity index (χ2v) is 8.26. The van der Waals surface area contributed by atoms with Crippen LogP contribution in [0.25, 0.3) is 5.57 Å². The minimum Gasteiger partial charge on any atom is -0.372 e. The normalized spacial score (nSPS) is 16.3. The van der Waals surface area contributed by atoms with Crippen molar-refractivity contribution in [3.63, 3.8) is 0 Å². The molecule has 0 spiro atoms. The lowest BCUT2D eigenvalue weighted by Gasteiger charge is -2.20. The number of hydrogen-bond donors (Lipinski definition) is 1. The summed E-state index contributed by atoms with van der Waals surface area (Å²) in [6.07, 6.45) is 2.40. The lowest BCUT2D eigenvalue weighted by molar-refractivity contribution is -0.120. The van der Waals surface area contributed by atoms with Crippen molar-refractivity contribution in [3.8, 4) is 0 Å². The Morgan fingerprint density at radius 2 is 1.34 bits per heavy atom. The number of carbonyl (C=O) groups is 2. The van der Waals surface area contributed by atoms with Gasteiger partial charge in [-0.1, -0.05) is 48.0 Å². The molecule has 2 aliphatic rings. The number of amides is 2. The van der Waals surface area contributed by atoms with Crippen LogP contribution in [0.2, 0.25) is 0 Å². The molecule has 0 aromatic heterocycles. The highest BCUT2D eigenvalue weighted by molar-refractivity contribution is 6.46. The molecule has 160 valence electrons. The van der Waals surface area contributed by atoms with Gasteiger partial charge in [-0.2, -0.15) is 0 Å². The summed E-state index contributed by atoms with van der Waals surface area (Å²) in [6, 6.07) is 24.8. The van der Waals surface area contributed by atoms with Crippen LogP contribution >= 0.6 is 0 Å². The monoisotopic (exact) mass is 423 g/mol. The molecule has 0 atom stereocenters. The van der Waals surface area contributed by atoms with E-state index in [1.165, 1.54) is 17.7 Å². The summed E-state index contributed by atoms with van der Waals surface area (Å²) in [5.41, 5.74) is 5.01. The van der Waals surface area contributed by atoms with E-state index in [9.17, 15) is 9.59 Å². The van der Waals surface area contributed by atoms with Gasteiger partial charge in [0.25, 0.3) is 11.8 Å². The van der Waals surface area contributed by atoms with Gasteiger partial charge in [-0.3, -0.25) is 9.59 Å². The van der Waals surface area contributed by atoms with Gasteiger partial charge >= 0.3 is 0 Å². The predicted molar refractivity (Wildman–Crippen MR) is 129 cm³/mol. The highest BCUT2D eigenvalue weighted by Gasteiger charge is 2.40. The summed E-state index contributed by atoms with van der Waals surface area (Å²) in [6.45, 7) is 4.10. The van der Waals surface area contributed by atoms with Gasteiger partial charge in [0.2, 0.25) is 0 Å². The molecule has 0 saturated carbocycles. The van der Waals surface area contributed by atoms with Gasteiger partial charge in [-0.15, -0.1) is 0 Å². The van der Waals surface area contributed by atoms with E-state index in [1.54, 1.807) is 0 Å². The van der Waals surface area contributed by atoms with Crippen molar-refractivity contribution >= 4 is 34.4 Å². The number of anilines is 3. The number of hydrogen-bond acceptors (Lipinski definition) is 4. The molecule has 2 aliphatic heterocycles. The first-order valence-electron chi connectivity index (χ1n) is 11.0. The summed E-state index contributed by atoms with van der Waals surface area (Å²) in [5, 5.41) is 3.21. The SMILES string of the molecule is Cc1ccc(NC2=C(c3ccccc3)C(=O)N(c3ccc(N4CCCC4)cc3)C2=O)cc1. The fourth-order valence-electron chi connectivity index (χ4n) is 4.32. The Morgan fingerprint density at radius 3 is 2.00 bits per heavy atom. The highest BCUT2D eigenvalue weighted by Crippen LogP contribution is 2.34. The number of nitrogens with one attached hydrogen (secondary N) is 1. The number of benzene rings is 3. The Hall–Kier alpha value is -3.86. The van der Waals surface area contributed by atoms with E-state index in [2.05, 4.69) is 10.2 Å². The van der Waals surface area contributed by atoms with E-state index >= 15 is 0 Å². The molecule has 2 amide bonds. The van der Waals surface area contributed by atoms with Crippen molar-refractivity contribution in [2.45, 2.75) is 19.8 Å². The summed E-state index contributed by atoms with van der Waals surface area (Å²) >= 11 is 0. The van der Waals surface area contributed by atoms with Gasteiger partial charge < -0.3 is 10.2 Å². The lowest BCUT2D eigenvalue weighted by atomic mass is 10.0. The van der Waals surface area contributed by atoms with Gasteiger partial charge in [0.15, 0.2) is 0 Å². The van der Waals surface area contributed by atoms with Gasteiger partial charge in [-0.05, 0) is 61.7 Å². The van der Waals surface area contributed by atoms with Crippen LogP contribution in [0.15, 0.2) is 84.6 Å². The van der Waals surface area contributed by atoms with Crippen molar-refractivity contribution in [1.29, 1.82) is 0 Å². The fraction of sp³-hybridized carbons (Fsp3) is 0.185. The van der Waals surface area contributed by atoms with Gasteiger partial charge in [0.1, 0.15) is 5.70 Å². The molecule has 0 bridgehead atoms. The zero-order valence-electron chi connectivity index (χ0n) is 18.0. The average Bonchev–Trinajstić information content (AvgIpc) is 3.43. The van der Waals surface area contributed by atoms with Crippen LogP contribution in [0.5, 0.6) is 0 Å². The maximum atomic E-state index is 13.5. The zero-order valence-corrected chi connectivity index (χ0v) is 18.0. The molecule has 32 heavy (non-hydrogen) atoms. The number of rotatable bonds is 5. The lowest BCUT2D eigenvalue weighted by Crippen LogP contribution is -2.32. The minimum absolute atomic E-state index is 0.300. The van der Waals surface area contributed by atoms with Crippen LogP contribution in [0, 0.1) is 6.92 Å². The first-order chi connectivity index (χ1) is 15.6. The van der Waals surface area contributed by atoms with Crippen molar-refractivity contribution in [2.75, 3.05) is 28.2 Å². The van der Waals surface area contributed by atoms with E-state index in [0.29, 0.717) is 17.0 Å². The Bertz CT molecular complexity index is 1180. The first kappa shape index (κ1) is 20.1. The van der Waals surface area contributed by atoms with E-state index < -0.39 is 0 Å². The molecular formula is C27H25N3O2. The van der Waals surface area contributed by atoms with Crippen molar-refractivity contribution < 1.29 is 9.59 Å². The number of aryl methyl sites for hydroxylation is 1. The van der Waals surface area contributed by atoms with Gasteiger partial charge in [0, 0.05) is 24.5 Å². The van der Waals surface area contributed by atoms with Crippen LogP contribution in [0.3, 0.4) is 0 Å². The molecule has 0 radical (unpaired) electrons. The van der Waals surface area contributed by atoms with Crippen molar-refractivity contribution in [1.82, 2.24) is 0 Å². The van der Waals surface area contributed by atoms with Gasteiger partial charge in [0.05, 0.1) is 11.3 Å². The summed E-state index contributed by atoms with van der Waals surface area (Å²) in [7, 11) is 0. The first-order valence-corrected chi connectivity index (χ1v) is 11.0. The minimum atomic E-state index is -0.344. The molecule has 2 heterocycles. The number of imide groups is 1. The molecule has 1 saturated heterocycles. The third kappa shape index (κ3) is 3.66. The molecule has 5 heteroatoms. The standard InChI is InChI=1S/C27H25N3O2/c1-19-9-11-21(12-10-19)28-25-24(20-7-3-2-4-8-20)26(31)30(27(25)32)23-15-13-22(14-16-23)29-17-5-6-18-29/h2-4,7-16,28H,5-6,17-18H2,1H3. The zero-order chi connectivity index (χ0) is 22.1. The third-order valence-corrected chi connectivity index (χ3v) is 6.05. The quantitative estimate of drug-likeness (QED) is 0.588. The Labute approximate surface area is 188 Å². The molecule has 0 aliphatic carbocycles. The fourth-order valence-corrected chi connectivity index (χ4v) is 4.32. The summed E-state index contributed by atoms with van der Waals surface area (Å²) < 4.78 is 0. The third-order valence-electron chi connectivity index (χ3n) is 6.05. The average molecular weight is 424 g/mol. The number of nitrogens with zero attached hydrogens (tertiary/aromatic N) is 2. The predicted octanol–water partition coefficient (Wildman–Crippen LogP) is 4.99. The molecule has 3 aromatic carbocycles. The second-order valence-electron chi connectivity index (χ2n) is 8.26. The van der Waals surface area contributed by atoms with Crippen LogP contribution in [-0.2, 0) is 9.59 Å². The Kier molecular flexibility index (Phi) is 5.23. The van der Waals surface area contributed by atoms with Crippen LogP contribution < -0.4 is 15.1 Å². The summed E-state index contributed by atoms with van der Waals surface area (Å²) in [4.78, 5) is 30.6. The molecule has 3 aromatic rings. The van der Waals surface area contributed by atoms with E-state index in [1.807, 2.05) is 85.8 Å². The van der Waals surface area contributed by atoms with Crippen LogP contribution in [0.1, 0.15) is 24.0 Å². The molecule has 5 rings (SSSR count). The van der Waals surface area contributed by atoms with E-state index in [0.717, 1.165) is 35.6 Å². The van der Waals surface area contributed by atoms with E-state index in [-0.39, 0.29) is 11.8 Å². The van der Waals surface area contributed by atoms with Crippen LogP contribution in [0.4, 0.5) is 17.1 Å². The smallest absolute Gasteiger partial charge is 0.282 e. The highest BCUT2D eigenvalue weighted by atomic mass is 16.2. The maximum absolute atomic E-state index is 13.5. The van der Waals surface area contributed by atoms with Crippen molar-refractivity contribution in [3.05, 3.63) is 95.7 Å². The van der Waals surface area contributed by atoms with Crippen LogP contribution in [-0.4, -0.2) is 24.9 Å². The number of carbonyl (C=O) groups excluding carboxylic acids is 2. The largest absolute Gasteiger partial charge is 0.372 e. The topological polar surface area (TPSA) is 52.7 Å². The Morgan fingerprint density at radius 1 is 0.719 bits per heavy atom. The summed E-state index contributed by atoms with van der Waals surface area (Å²) in [5.74, 6) is -0.659. The second kappa shape index (κ2) is 8.35. The van der Waals surface area contributed by atoms with E-state index in [4.69, 9.17) is 0 Å². The Balaban J connectivity index is 1.51. The van der Waals surface area contributed by atoms with Gasteiger partial charge in [-0.25, -0.2) is 4.90 Å². The maximum Gasteiger partial charge on any atom is 0.282 e.